The highest BCUT2D eigenvalue weighted by Gasteiger charge is 2.25. The Morgan fingerprint density at radius 3 is 2.40 bits per heavy atom. The van der Waals surface area contributed by atoms with Crippen LogP contribution in [-0.4, -0.2) is 66.6 Å². The van der Waals surface area contributed by atoms with E-state index in [1.807, 2.05) is 11.0 Å². The van der Waals surface area contributed by atoms with Crippen LogP contribution >= 0.6 is 0 Å². The minimum atomic E-state index is -3.20. The van der Waals surface area contributed by atoms with Crippen molar-refractivity contribution in [2.45, 2.75) is 26.1 Å². The number of benzene rings is 1. The first-order chi connectivity index (χ1) is 14.3. The number of rotatable bonds is 5. The zero-order valence-electron chi connectivity index (χ0n) is 17.1. The molecule has 1 aromatic heterocycles. The maximum Gasteiger partial charge on any atom is 0.227 e. The SMILES string of the molecule is CS(=O)(=O)N1CCN(Cc2oc(CN3CCc4ccccc4C3)cc(=O)c2O)CC1. The second-order valence-electron chi connectivity index (χ2n) is 8.02. The third-order valence-electron chi connectivity index (χ3n) is 5.80. The molecule has 9 heteroatoms. The highest BCUT2D eigenvalue weighted by Crippen LogP contribution is 2.22. The summed E-state index contributed by atoms with van der Waals surface area (Å²) in [5.41, 5.74) is 2.20. The Balaban J connectivity index is 1.44. The van der Waals surface area contributed by atoms with Crippen LogP contribution in [0.5, 0.6) is 5.75 Å². The van der Waals surface area contributed by atoms with E-state index in [9.17, 15) is 18.3 Å². The lowest BCUT2D eigenvalue weighted by molar-refractivity contribution is 0.161. The molecule has 0 aliphatic carbocycles. The molecule has 2 aliphatic rings. The second-order valence-corrected chi connectivity index (χ2v) is 10.00. The first-order valence-corrected chi connectivity index (χ1v) is 12.0. The van der Waals surface area contributed by atoms with Gasteiger partial charge in [0.1, 0.15) is 5.76 Å². The summed E-state index contributed by atoms with van der Waals surface area (Å²) in [5.74, 6) is 0.401. The van der Waals surface area contributed by atoms with Crippen molar-refractivity contribution >= 4 is 10.0 Å². The molecule has 0 spiro atoms. The van der Waals surface area contributed by atoms with Crippen LogP contribution in [0, 0.1) is 0 Å². The van der Waals surface area contributed by atoms with E-state index in [0.29, 0.717) is 38.5 Å². The summed E-state index contributed by atoms with van der Waals surface area (Å²) in [4.78, 5) is 16.5. The van der Waals surface area contributed by atoms with Gasteiger partial charge in [-0.25, -0.2) is 8.42 Å². The average Bonchev–Trinajstić information content (AvgIpc) is 2.71. The van der Waals surface area contributed by atoms with Crippen molar-refractivity contribution in [2.24, 2.45) is 0 Å². The average molecular weight is 434 g/mol. The van der Waals surface area contributed by atoms with Crippen LogP contribution in [0.2, 0.25) is 0 Å². The largest absolute Gasteiger partial charge is 0.502 e. The molecule has 0 amide bonds. The Morgan fingerprint density at radius 2 is 1.70 bits per heavy atom. The maximum absolute atomic E-state index is 12.3. The normalized spacial score (nSPS) is 19.0. The molecule has 1 saturated heterocycles. The van der Waals surface area contributed by atoms with Gasteiger partial charge < -0.3 is 9.52 Å². The molecule has 0 atom stereocenters. The number of nitrogens with zero attached hydrogens (tertiary/aromatic N) is 3. The molecular weight excluding hydrogens is 406 g/mol. The van der Waals surface area contributed by atoms with E-state index in [4.69, 9.17) is 4.42 Å². The minimum Gasteiger partial charge on any atom is -0.502 e. The maximum atomic E-state index is 12.3. The van der Waals surface area contributed by atoms with E-state index in [-0.39, 0.29) is 18.1 Å². The summed E-state index contributed by atoms with van der Waals surface area (Å²) in [5, 5.41) is 10.2. The molecule has 30 heavy (non-hydrogen) atoms. The van der Waals surface area contributed by atoms with Gasteiger partial charge in [0.15, 0.2) is 5.76 Å². The van der Waals surface area contributed by atoms with E-state index in [0.717, 1.165) is 19.5 Å². The highest BCUT2D eigenvalue weighted by atomic mass is 32.2. The van der Waals surface area contributed by atoms with Crippen LogP contribution in [0.25, 0.3) is 0 Å². The third kappa shape index (κ3) is 4.75. The Kier molecular flexibility index (Phi) is 5.97. The Bertz CT molecular complexity index is 1070. The van der Waals surface area contributed by atoms with Gasteiger partial charge in [-0.15, -0.1) is 0 Å². The smallest absolute Gasteiger partial charge is 0.227 e. The Hall–Kier alpha value is -2.20. The van der Waals surface area contributed by atoms with Crippen molar-refractivity contribution in [3.8, 4) is 5.75 Å². The lowest BCUT2D eigenvalue weighted by atomic mass is 10.00. The predicted molar refractivity (Wildman–Crippen MR) is 113 cm³/mol. The van der Waals surface area contributed by atoms with Gasteiger partial charge in [-0.05, 0) is 17.5 Å². The number of hydrogen-bond acceptors (Lipinski definition) is 7. The van der Waals surface area contributed by atoms with Gasteiger partial charge in [-0.2, -0.15) is 4.31 Å². The number of fused-ring (bicyclic) bond motifs is 1. The molecule has 0 bridgehead atoms. The van der Waals surface area contributed by atoms with E-state index >= 15 is 0 Å². The summed E-state index contributed by atoms with van der Waals surface area (Å²) < 4.78 is 30.7. The van der Waals surface area contributed by atoms with Crippen LogP contribution in [0.15, 0.2) is 39.5 Å². The first-order valence-electron chi connectivity index (χ1n) is 10.1. The van der Waals surface area contributed by atoms with Crippen LogP contribution in [-0.2, 0) is 36.1 Å². The summed E-state index contributed by atoms with van der Waals surface area (Å²) in [7, 11) is -3.20. The summed E-state index contributed by atoms with van der Waals surface area (Å²) in [6.45, 7) is 4.25. The molecular formula is C21H27N3O5S. The van der Waals surface area contributed by atoms with E-state index < -0.39 is 15.5 Å². The molecule has 1 aromatic carbocycles. The molecule has 1 N–H and O–H groups in total. The molecule has 4 rings (SSSR count). The quantitative estimate of drug-likeness (QED) is 0.751. The van der Waals surface area contributed by atoms with Crippen LogP contribution in [0.3, 0.4) is 0 Å². The molecule has 8 nitrogen and oxygen atoms in total. The van der Waals surface area contributed by atoms with Crippen molar-refractivity contribution in [3.05, 3.63) is 63.2 Å². The van der Waals surface area contributed by atoms with Crippen molar-refractivity contribution in [2.75, 3.05) is 39.0 Å². The Labute approximate surface area is 176 Å². The van der Waals surface area contributed by atoms with Crippen LogP contribution in [0.1, 0.15) is 22.6 Å². The van der Waals surface area contributed by atoms with E-state index in [1.54, 1.807) is 0 Å². The fourth-order valence-electron chi connectivity index (χ4n) is 4.10. The van der Waals surface area contributed by atoms with E-state index in [2.05, 4.69) is 23.1 Å². The summed E-state index contributed by atoms with van der Waals surface area (Å²) in [6, 6.07) is 9.71. The molecule has 0 saturated carbocycles. The molecule has 0 unspecified atom stereocenters. The van der Waals surface area contributed by atoms with Gasteiger partial charge in [-0.3, -0.25) is 14.6 Å². The fraction of sp³-hybridized carbons (Fsp3) is 0.476. The second kappa shape index (κ2) is 8.50. The molecule has 3 heterocycles. The fourth-order valence-corrected chi connectivity index (χ4v) is 4.93. The van der Waals surface area contributed by atoms with Gasteiger partial charge >= 0.3 is 0 Å². The Morgan fingerprint density at radius 1 is 1.00 bits per heavy atom. The lowest BCUT2D eigenvalue weighted by Crippen LogP contribution is -2.47. The zero-order chi connectivity index (χ0) is 21.3. The molecule has 2 aliphatic heterocycles. The zero-order valence-corrected chi connectivity index (χ0v) is 17.9. The van der Waals surface area contributed by atoms with Gasteiger partial charge in [-0.1, -0.05) is 24.3 Å². The number of aromatic hydroxyl groups is 1. The monoisotopic (exact) mass is 433 g/mol. The first kappa shape index (κ1) is 21.0. The third-order valence-corrected chi connectivity index (χ3v) is 7.10. The van der Waals surface area contributed by atoms with Crippen molar-refractivity contribution in [3.63, 3.8) is 0 Å². The molecule has 1 fully saturated rings. The summed E-state index contributed by atoms with van der Waals surface area (Å²) in [6.07, 6.45) is 2.16. The van der Waals surface area contributed by atoms with Crippen LogP contribution < -0.4 is 5.43 Å². The predicted octanol–water partition coefficient (Wildman–Crippen LogP) is 0.981. The topological polar surface area (TPSA) is 94.3 Å². The minimum absolute atomic E-state index is 0.239. The highest BCUT2D eigenvalue weighted by molar-refractivity contribution is 7.88. The molecule has 2 aromatic rings. The number of hydrogen-bond donors (Lipinski definition) is 1. The van der Waals surface area contributed by atoms with Gasteiger partial charge in [0, 0.05) is 45.3 Å². The van der Waals surface area contributed by atoms with Crippen molar-refractivity contribution in [1.82, 2.24) is 14.1 Å². The molecule has 162 valence electrons. The summed E-state index contributed by atoms with van der Waals surface area (Å²) >= 11 is 0. The van der Waals surface area contributed by atoms with Crippen molar-refractivity contribution in [1.29, 1.82) is 0 Å². The van der Waals surface area contributed by atoms with Crippen LogP contribution in [0.4, 0.5) is 0 Å². The number of piperazine rings is 1. The van der Waals surface area contributed by atoms with Gasteiger partial charge in [0.05, 0.1) is 19.3 Å². The van der Waals surface area contributed by atoms with Gasteiger partial charge in [0.25, 0.3) is 0 Å². The lowest BCUT2D eigenvalue weighted by Gasteiger charge is -2.33. The van der Waals surface area contributed by atoms with Crippen molar-refractivity contribution < 1.29 is 17.9 Å². The standard InChI is InChI=1S/C21H27N3O5S/c1-30(27,28)24-10-8-22(9-11-24)15-20-21(26)19(25)12-18(29-20)14-23-7-6-16-4-2-3-5-17(16)13-23/h2-5,12,26H,6-11,13-15H2,1H3. The molecule has 0 radical (unpaired) electrons. The van der Waals surface area contributed by atoms with E-state index in [1.165, 1.54) is 27.8 Å². The van der Waals surface area contributed by atoms with Gasteiger partial charge in [0.2, 0.25) is 21.2 Å². The number of sulfonamides is 1.